The summed E-state index contributed by atoms with van der Waals surface area (Å²) in [6, 6.07) is 0.0702. The number of nitrogens with zero attached hydrogens (tertiary/aromatic N) is 3. The quantitative estimate of drug-likeness (QED) is 0.720. The molecule has 3 nitrogen and oxygen atoms in total. The van der Waals surface area contributed by atoms with Crippen LogP contribution >= 0.6 is 0 Å². The summed E-state index contributed by atoms with van der Waals surface area (Å²) in [5, 5.41) is 7.74. The van der Waals surface area contributed by atoms with Gasteiger partial charge in [-0.15, -0.1) is 5.10 Å². The van der Waals surface area contributed by atoms with Crippen LogP contribution in [0, 0.1) is 5.41 Å². The molecule has 0 unspecified atom stereocenters. The average molecular weight is 301 g/mol. The maximum absolute atomic E-state index is 14.5. The van der Waals surface area contributed by atoms with Gasteiger partial charge in [0, 0.05) is 12.5 Å². The van der Waals surface area contributed by atoms with E-state index in [0.29, 0.717) is 12.1 Å². The summed E-state index contributed by atoms with van der Waals surface area (Å²) in [4.78, 5) is 0. The lowest BCUT2D eigenvalue weighted by Gasteiger charge is -2.28. The number of fused-ring (bicyclic) bond motifs is 1. The molecule has 21 heavy (non-hydrogen) atoms. The van der Waals surface area contributed by atoms with Crippen molar-refractivity contribution in [2.24, 2.45) is 5.41 Å². The van der Waals surface area contributed by atoms with E-state index >= 15 is 0 Å². The van der Waals surface area contributed by atoms with E-state index in [9.17, 15) is 8.78 Å². The monoisotopic (exact) mass is 301 g/mol. The zero-order chi connectivity index (χ0) is 16.3. The van der Waals surface area contributed by atoms with Crippen molar-refractivity contribution in [3.05, 3.63) is 11.4 Å². The summed E-state index contributed by atoms with van der Waals surface area (Å²) in [5.74, 6) is -2.88. The summed E-state index contributed by atoms with van der Waals surface area (Å²) in [5.41, 5.74) is 0.168. The standard InChI is InChI=1S/C14H23F2N3.C2H6/c1-10(2)19-11-7-5-6-8-13(3,4)9-14(15,16)12(11)17-18-19;1-2/h10H,5-9H2,1-4H3;1-2H3. The second-order valence-electron chi connectivity index (χ2n) is 6.68. The van der Waals surface area contributed by atoms with Gasteiger partial charge in [0.25, 0.3) is 5.92 Å². The molecule has 2 rings (SSSR count). The predicted molar refractivity (Wildman–Crippen MR) is 81.6 cm³/mol. The van der Waals surface area contributed by atoms with Gasteiger partial charge in [-0.1, -0.05) is 39.3 Å². The van der Waals surface area contributed by atoms with E-state index in [1.165, 1.54) is 0 Å². The predicted octanol–water partition coefficient (Wildman–Crippen LogP) is 5.12. The van der Waals surface area contributed by atoms with Crippen molar-refractivity contribution < 1.29 is 8.78 Å². The Morgan fingerprint density at radius 1 is 1.14 bits per heavy atom. The zero-order valence-electron chi connectivity index (χ0n) is 14.2. The minimum Gasteiger partial charge on any atom is -0.246 e. The van der Waals surface area contributed by atoms with Crippen molar-refractivity contribution >= 4 is 0 Å². The summed E-state index contributed by atoms with van der Waals surface area (Å²) >= 11 is 0. The molecule has 1 aliphatic carbocycles. The number of rotatable bonds is 1. The van der Waals surface area contributed by atoms with E-state index in [4.69, 9.17) is 0 Å². The first-order valence-electron chi connectivity index (χ1n) is 8.05. The Labute approximate surface area is 127 Å². The Morgan fingerprint density at radius 2 is 1.76 bits per heavy atom. The Kier molecular flexibility index (Phi) is 5.88. The van der Waals surface area contributed by atoms with Crippen LogP contribution in [0.5, 0.6) is 0 Å². The van der Waals surface area contributed by atoms with Gasteiger partial charge in [-0.2, -0.15) is 8.78 Å². The SMILES string of the molecule is CC.CC(C)n1nnc2c1CCCCC(C)(C)CC2(F)F. The minimum absolute atomic E-state index is 0.0702. The second kappa shape index (κ2) is 6.84. The fraction of sp³-hybridized carbons (Fsp3) is 0.875. The highest BCUT2D eigenvalue weighted by atomic mass is 19.3. The molecule has 0 saturated carbocycles. The molecule has 0 spiro atoms. The highest BCUT2D eigenvalue weighted by Gasteiger charge is 2.43. The van der Waals surface area contributed by atoms with Crippen LogP contribution in [0.3, 0.4) is 0 Å². The molecule has 1 aromatic heterocycles. The van der Waals surface area contributed by atoms with Gasteiger partial charge in [0.2, 0.25) is 0 Å². The third kappa shape index (κ3) is 4.24. The first-order chi connectivity index (χ1) is 9.73. The second-order valence-corrected chi connectivity index (χ2v) is 6.68. The molecule has 0 bridgehead atoms. The first-order valence-corrected chi connectivity index (χ1v) is 8.05. The van der Waals surface area contributed by atoms with Crippen LogP contribution < -0.4 is 0 Å². The van der Waals surface area contributed by atoms with Gasteiger partial charge in [0.15, 0.2) is 5.69 Å². The molecule has 1 aliphatic rings. The van der Waals surface area contributed by atoms with Gasteiger partial charge in [-0.25, -0.2) is 4.68 Å². The Bertz CT molecular complexity index is 450. The molecule has 0 aromatic carbocycles. The number of halogens is 2. The maximum atomic E-state index is 14.5. The molecule has 0 atom stereocenters. The van der Waals surface area contributed by atoms with Crippen LogP contribution in [0.2, 0.25) is 0 Å². The fourth-order valence-corrected chi connectivity index (χ4v) is 2.91. The summed E-state index contributed by atoms with van der Waals surface area (Å²) < 4.78 is 30.6. The van der Waals surface area contributed by atoms with E-state index in [2.05, 4.69) is 10.3 Å². The van der Waals surface area contributed by atoms with Crippen molar-refractivity contribution in [3.63, 3.8) is 0 Å². The maximum Gasteiger partial charge on any atom is 0.293 e. The fourth-order valence-electron chi connectivity index (χ4n) is 2.91. The normalized spacial score (nSPS) is 20.6. The van der Waals surface area contributed by atoms with Gasteiger partial charge >= 0.3 is 0 Å². The molecule has 1 aromatic rings. The highest BCUT2D eigenvalue weighted by molar-refractivity contribution is 5.18. The van der Waals surface area contributed by atoms with Crippen LogP contribution in [-0.2, 0) is 12.3 Å². The first kappa shape index (κ1) is 18.1. The summed E-state index contributed by atoms with van der Waals surface area (Å²) in [6.07, 6.45) is 3.23. The molecule has 1 heterocycles. The molecule has 122 valence electrons. The number of alkyl halides is 2. The van der Waals surface area contributed by atoms with Crippen molar-refractivity contribution in [1.82, 2.24) is 15.0 Å². The molecule has 0 amide bonds. The lowest BCUT2D eigenvalue weighted by atomic mass is 9.81. The van der Waals surface area contributed by atoms with E-state index in [1.54, 1.807) is 4.68 Å². The van der Waals surface area contributed by atoms with Crippen LogP contribution in [0.15, 0.2) is 0 Å². The van der Waals surface area contributed by atoms with E-state index in [0.717, 1.165) is 19.3 Å². The number of hydrogen-bond donors (Lipinski definition) is 0. The Morgan fingerprint density at radius 3 is 2.33 bits per heavy atom. The van der Waals surface area contributed by atoms with Gasteiger partial charge in [0.1, 0.15) is 0 Å². The van der Waals surface area contributed by atoms with E-state index in [1.807, 2.05) is 41.5 Å². The van der Waals surface area contributed by atoms with Crippen LogP contribution in [0.1, 0.15) is 84.7 Å². The summed E-state index contributed by atoms with van der Waals surface area (Å²) in [7, 11) is 0. The van der Waals surface area contributed by atoms with Gasteiger partial charge < -0.3 is 0 Å². The molecular formula is C16H29F2N3. The average Bonchev–Trinajstić information content (AvgIpc) is 2.80. The molecule has 0 fully saturated rings. The third-order valence-electron chi connectivity index (χ3n) is 3.84. The lowest BCUT2D eigenvalue weighted by Crippen LogP contribution is -2.25. The summed E-state index contributed by atoms with van der Waals surface area (Å²) in [6.45, 7) is 11.7. The van der Waals surface area contributed by atoms with Crippen molar-refractivity contribution in [2.45, 2.75) is 85.6 Å². The minimum atomic E-state index is -2.88. The zero-order valence-corrected chi connectivity index (χ0v) is 14.2. The molecule has 5 heteroatoms. The van der Waals surface area contributed by atoms with Gasteiger partial charge in [-0.3, -0.25) is 0 Å². The topological polar surface area (TPSA) is 30.7 Å². The Balaban J connectivity index is 0.00000106. The van der Waals surface area contributed by atoms with Crippen molar-refractivity contribution in [3.8, 4) is 0 Å². The molecule has 0 aliphatic heterocycles. The van der Waals surface area contributed by atoms with E-state index < -0.39 is 5.92 Å². The lowest BCUT2D eigenvalue weighted by molar-refractivity contribution is -0.0510. The smallest absolute Gasteiger partial charge is 0.246 e. The van der Waals surface area contributed by atoms with Gasteiger partial charge in [-0.05, 0) is 38.5 Å². The van der Waals surface area contributed by atoms with Crippen LogP contribution in [0.25, 0.3) is 0 Å². The van der Waals surface area contributed by atoms with E-state index in [-0.39, 0.29) is 23.6 Å². The molecule has 0 N–H and O–H groups in total. The van der Waals surface area contributed by atoms with Crippen LogP contribution in [0.4, 0.5) is 8.78 Å². The van der Waals surface area contributed by atoms with Gasteiger partial charge in [0.05, 0.1) is 5.69 Å². The Hall–Kier alpha value is -1.00. The highest BCUT2D eigenvalue weighted by Crippen LogP contribution is 2.44. The molecule has 0 radical (unpaired) electrons. The van der Waals surface area contributed by atoms with Crippen LogP contribution in [-0.4, -0.2) is 15.0 Å². The largest absolute Gasteiger partial charge is 0.293 e. The molecular weight excluding hydrogens is 272 g/mol. The van der Waals surface area contributed by atoms with Crippen molar-refractivity contribution in [1.29, 1.82) is 0 Å². The molecule has 0 saturated heterocycles. The number of hydrogen-bond acceptors (Lipinski definition) is 2. The third-order valence-corrected chi connectivity index (χ3v) is 3.84. The van der Waals surface area contributed by atoms with Crippen molar-refractivity contribution in [2.75, 3.05) is 0 Å². The number of aromatic nitrogens is 3.